The fourth-order valence-electron chi connectivity index (χ4n) is 1.75. The second-order valence-electron chi connectivity index (χ2n) is 5.16. The van der Waals surface area contributed by atoms with E-state index in [0.29, 0.717) is 5.76 Å². The molecule has 1 aliphatic rings. The van der Waals surface area contributed by atoms with Crippen LogP contribution in [0.4, 0.5) is 0 Å². The standard InChI is InChI=1S/C14H21IO5/c1-9(5-4-6-10(15)11(17)8-16)12-7-13(18)20-14(2,3)19-12/h5,7,10-11,16-17H,4,6,8H2,1-3H3/b9-5+/t10-,11+/m1/s1. The first-order valence-corrected chi connectivity index (χ1v) is 7.73. The number of alkyl halides is 1. The summed E-state index contributed by atoms with van der Waals surface area (Å²) in [7, 11) is 0. The maximum absolute atomic E-state index is 11.4. The van der Waals surface area contributed by atoms with Crippen LogP contribution in [0.5, 0.6) is 0 Å². The van der Waals surface area contributed by atoms with Crippen molar-refractivity contribution in [3.63, 3.8) is 0 Å². The minimum Gasteiger partial charge on any atom is -0.452 e. The van der Waals surface area contributed by atoms with E-state index in [4.69, 9.17) is 14.6 Å². The van der Waals surface area contributed by atoms with Gasteiger partial charge in [-0.2, -0.15) is 0 Å². The Hall–Kier alpha value is -0.600. The van der Waals surface area contributed by atoms with Crippen LogP contribution in [0.1, 0.15) is 33.6 Å². The number of carbonyl (C=O) groups is 1. The van der Waals surface area contributed by atoms with Crippen LogP contribution in [0.2, 0.25) is 0 Å². The number of cyclic esters (lactones) is 1. The summed E-state index contributed by atoms with van der Waals surface area (Å²) in [5.74, 6) is -0.847. The van der Waals surface area contributed by atoms with Crippen LogP contribution in [-0.2, 0) is 14.3 Å². The molecule has 0 aromatic heterocycles. The quantitative estimate of drug-likeness (QED) is 0.409. The summed E-state index contributed by atoms with van der Waals surface area (Å²) in [4.78, 5) is 11.4. The summed E-state index contributed by atoms with van der Waals surface area (Å²) in [6.07, 6.45) is 4.05. The molecule has 5 nitrogen and oxygen atoms in total. The molecule has 0 radical (unpaired) electrons. The number of allylic oxidation sites excluding steroid dienone is 2. The van der Waals surface area contributed by atoms with Crippen LogP contribution in [0.3, 0.4) is 0 Å². The van der Waals surface area contributed by atoms with Crippen LogP contribution in [0, 0.1) is 0 Å². The van der Waals surface area contributed by atoms with E-state index in [2.05, 4.69) is 22.6 Å². The summed E-state index contributed by atoms with van der Waals surface area (Å²) in [6, 6.07) is 0. The van der Waals surface area contributed by atoms with Crippen molar-refractivity contribution in [3.8, 4) is 0 Å². The normalized spacial score (nSPS) is 21.6. The zero-order valence-electron chi connectivity index (χ0n) is 11.9. The van der Waals surface area contributed by atoms with E-state index >= 15 is 0 Å². The monoisotopic (exact) mass is 396 g/mol. The largest absolute Gasteiger partial charge is 0.452 e. The van der Waals surface area contributed by atoms with E-state index in [1.807, 2.05) is 13.0 Å². The van der Waals surface area contributed by atoms with Gasteiger partial charge in [0, 0.05) is 17.8 Å². The van der Waals surface area contributed by atoms with Crippen LogP contribution in [0.15, 0.2) is 23.5 Å². The molecule has 1 heterocycles. The van der Waals surface area contributed by atoms with Crippen LogP contribution < -0.4 is 0 Å². The number of ether oxygens (including phenoxy) is 2. The molecule has 0 saturated heterocycles. The molecule has 0 amide bonds. The van der Waals surface area contributed by atoms with Crippen molar-refractivity contribution < 1.29 is 24.5 Å². The van der Waals surface area contributed by atoms with Gasteiger partial charge in [-0.1, -0.05) is 28.7 Å². The lowest BCUT2D eigenvalue weighted by Gasteiger charge is -2.30. The Kier molecular flexibility index (Phi) is 6.47. The summed E-state index contributed by atoms with van der Waals surface area (Å²) >= 11 is 2.12. The zero-order valence-corrected chi connectivity index (χ0v) is 14.1. The molecule has 0 bridgehead atoms. The summed E-state index contributed by atoms with van der Waals surface area (Å²) in [6.45, 7) is 5.00. The molecule has 2 atom stereocenters. The Labute approximate surface area is 132 Å². The molecule has 114 valence electrons. The lowest BCUT2D eigenvalue weighted by atomic mass is 10.1. The number of aliphatic hydroxyl groups excluding tert-OH is 2. The fourth-order valence-corrected chi connectivity index (χ4v) is 2.34. The number of aliphatic hydroxyl groups is 2. The second-order valence-corrected chi connectivity index (χ2v) is 6.76. The van der Waals surface area contributed by atoms with Crippen molar-refractivity contribution in [2.75, 3.05) is 6.61 Å². The molecule has 0 fully saturated rings. The molecule has 1 aliphatic heterocycles. The van der Waals surface area contributed by atoms with Crippen LogP contribution in [0.25, 0.3) is 0 Å². The Balaban J connectivity index is 2.59. The van der Waals surface area contributed by atoms with E-state index in [1.165, 1.54) is 6.08 Å². The number of hydrogen-bond acceptors (Lipinski definition) is 5. The number of esters is 1. The molecule has 0 aromatic rings. The van der Waals surface area contributed by atoms with Crippen molar-refractivity contribution in [3.05, 3.63) is 23.5 Å². The highest BCUT2D eigenvalue weighted by atomic mass is 127. The third-order valence-electron chi connectivity index (χ3n) is 2.84. The first-order valence-electron chi connectivity index (χ1n) is 6.49. The highest BCUT2D eigenvalue weighted by Crippen LogP contribution is 2.26. The van der Waals surface area contributed by atoms with Crippen molar-refractivity contribution in [2.24, 2.45) is 0 Å². The number of rotatable bonds is 6. The van der Waals surface area contributed by atoms with Gasteiger partial charge in [-0.15, -0.1) is 0 Å². The third-order valence-corrected chi connectivity index (χ3v) is 4.29. The van der Waals surface area contributed by atoms with Crippen molar-refractivity contribution in [1.29, 1.82) is 0 Å². The average molecular weight is 396 g/mol. The Morgan fingerprint density at radius 2 is 2.15 bits per heavy atom. The summed E-state index contributed by atoms with van der Waals surface area (Å²) in [5, 5.41) is 18.3. The molecular formula is C14H21IO5. The predicted octanol–water partition coefficient (Wildman–Crippen LogP) is 2.06. The molecule has 20 heavy (non-hydrogen) atoms. The Morgan fingerprint density at radius 1 is 1.50 bits per heavy atom. The predicted molar refractivity (Wildman–Crippen MR) is 83.2 cm³/mol. The first-order chi connectivity index (χ1) is 9.25. The van der Waals surface area contributed by atoms with Crippen LogP contribution in [-0.4, -0.2) is 38.6 Å². The molecule has 0 unspecified atom stereocenters. The molecule has 0 spiro atoms. The van der Waals surface area contributed by atoms with E-state index in [-0.39, 0.29) is 10.5 Å². The molecule has 6 heteroatoms. The van der Waals surface area contributed by atoms with Gasteiger partial charge in [-0.05, 0) is 25.3 Å². The van der Waals surface area contributed by atoms with Crippen molar-refractivity contribution in [1.82, 2.24) is 0 Å². The van der Waals surface area contributed by atoms with Gasteiger partial charge >= 0.3 is 5.97 Å². The van der Waals surface area contributed by atoms with Gasteiger partial charge < -0.3 is 19.7 Å². The topological polar surface area (TPSA) is 76.0 Å². The van der Waals surface area contributed by atoms with Gasteiger partial charge in [0.15, 0.2) is 0 Å². The summed E-state index contributed by atoms with van der Waals surface area (Å²) < 4.78 is 10.6. The third kappa shape index (κ3) is 5.41. The number of carbonyl (C=O) groups excluding carboxylic acids is 1. The fraction of sp³-hybridized carbons (Fsp3) is 0.643. The zero-order chi connectivity index (χ0) is 15.3. The van der Waals surface area contributed by atoms with Gasteiger partial charge in [0.05, 0.1) is 18.8 Å². The SMILES string of the molecule is C/C(=C\CC[C@@H](I)[C@@H](O)CO)C1=CC(=O)OC(C)(C)O1. The number of hydrogen-bond donors (Lipinski definition) is 2. The molecule has 0 saturated carbocycles. The van der Waals surface area contributed by atoms with Gasteiger partial charge in [0.2, 0.25) is 5.79 Å². The maximum atomic E-state index is 11.4. The smallest absolute Gasteiger partial charge is 0.337 e. The van der Waals surface area contributed by atoms with E-state index < -0.39 is 17.9 Å². The highest BCUT2D eigenvalue weighted by molar-refractivity contribution is 14.1. The second kappa shape index (κ2) is 7.42. The van der Waals surface area contributed by atoms with Gasteiger partial charge in [-0.3, -0.25) is 0 Å². The van der Waals surface area contributed by atoms with E-state index in [0.717, 1.165) is 18.4 Å². The number of halogens is 1. The molecule has 2 N–H and O–H groups in total. The first kappa shape index (κ1) is 17.5. The Morgan fingerprint density at radius 3 is 2.70 bits per heavy atom. The average Bonchev–Trinajstić information content (AvgIpc) is 2.34. The summed E-state index contributed by atoms with van der Waals surface area (Å²) in [5.41, 5.74) is 0.858. The molecular weight excluding hydrogens is 375 g/mol. The van der Waals surface area contributed by atoms with Crippen molar-refractivity contribution in [2.45, 2.75) is 49.4 Å². The van der Waals surface area contributed by atoms with E-state index in [9.17, 15) is 9.90 Å². The Bertz CT molecular complexity index is 414. The van der Waals surface area contributed by atoms with Gasteiger partial charge in [0.1, 0.15) is 5.76 Å². The van der Waals surface area contributed by atoms with Gasteiger partial charge in [0.25, 0.3) is 0 Å². The minimum atomic E-state index is -0.949. The van der Waals surface area contributed by atoms with Crippen LogP contribution >= 0.6 is 22.6 Å². The highest BCUT2D eigenvalue weighted by Gasteiger charge is 2.30. The minimum absolute atomic E-state index is 0.00990. The van der Waals surface area contributed by atoms with Gasteiger partial charge in [-0.25, -0.2) is 4.79 Å². The van der Waals surface area contributed by atoms with Crippen molar-refractivity contribution >= 4 is 28.6 Å². The molecule has 1 rings (SSSR count). The lowest BCUT2D eigenvalue weighted by Crippen LogP contribution is -2.34. The molecule has 0 aromatic carbocycles. The maximum Gasteiger partial charge on any atom is 0.337 e. The molecule has 0 aliphatic carbocycles. The van der Waals surface area contributed by atoms with E-state index in [1.54, 1.807) is 13.8 Å². The lowest BCUT2D eigenvalue weighted by molar-refractivity contribution is -0.203.